The lowest BCUT2D eigenvalue weighted by atomic mass is 10.2. The number of benzene rings is 2. The van der Waals surface area contributed by atoms with E-state index in [0.29, 0.717) is 32.5 Å². The zero-order valence-corrected chi connectivity index (χ0v) is 20.3. The number of hydrogen-bond acceptors (Lipinski definition) is 5. The third-order valence-corrected chi connectivity index (χ3v) is 8.50. The van der Waals surface area contributed by atoms with Gasteiger partial charge in [-0.1, -0.05) is 29.8 Å². The minimum Gasteiger partial charge on any atom is -0.497 e. The molecular weight excluding hydrogens is 438 g/mol. The number of hydrogen-bond donors (Lipinski definition) is 0. The topological polar surface area (TPSA) is 70.2 Å². The van der Waals surface area contributed by atoms with Gasteiger partial charge in [0.2, 0.25) is 15.9 Å². The third-order valence-electron chi connectivity index (χ3n) is 6.58. The maximum Gasteiger partial charge on any atom is 0.243 e. The number of carbonyl (C=O) groups is 1. The summed E-state index contributed by atoms with van der Waals surface area (Å²) in [6, 6.07) is 14.3. The van der Waals surface area contributed by atoms with Crippen molar-refractivity contribution >= 4 is 15.9 Å². The molecule has 7 nitrogen and oxygen atoms in total. The van der Waals surface area contributed by atoms with Crippen molar-refractivity contribution in [2.75, 3.05) is 39.8 Å². The monoisotopic (exact) mass is 471 g/mol. The molecule has 33 heavy (non-hydrogen) atoms. The van der Waals surface area contributed by atoms with Crippen LogP contribution in [0.3, 0.4) is 0 Å². The minimum atomic E-state index is -3.69. The van der Waals surface area contributed by atoms with E-state index in [1.807, 2.05) is 24.0 Å². The fraction of sp³-hybridized carbons (Fsp3) is 0.480. The Labute approximate surface area is 197 Å². The molecule has 178 valence electrons. The van der Waals surface area contributed by atoms with E-state index in [2.05, 4.69) is 17.0 Å². The number of ether oxygens (including phenoxy) is 1. The molecule has 0 bridgehead atoms. The van der Waals surface area contributed by atoms with Gasteiger partial charge < -0.3 is 9.64 Å². The largest absolute Gasteiger partial charge is 0.497 e. The number of methoxy groups -OCH3 is 1. The molecule has 0 spiro atoms. The molecule has 4 rings (SSSR count). The first-order chi connectivity index (χ1) is 15.9. The molecular formula is C25H33N3O4S. The molecule has 0 unspecified atom stereocenters. The Bertz CT molecular complexity index is 1050. The molecule has 2 aliphatic rings. The summed E-state index contributed by atoms with van der Waals surface area (Å²) < 4.78 is 33.1. The summed E-state index contributed by atoms with van der Waals surface area (Å²) >= 11 is 0. The molecule has 0 N–H and O–H groups in total. The molecule has 2 aromatic rings. The fourth-order valence-electron chi connectivity index (χ4n) is 4.67. The van der Waals surface area contributed by atoms with Crippen LogP contribution in [0.1, 0.15) is 30.4 Å². The quantitative estimate of drug-likeness (QED) is 0.648. The van der Waals surface area contributed by atoms with Gasteiger partial charge in [-0.05, 0) is 56.0 Å². The summed E-state index contributed by atoms with van der Waals surface area (Å²) in [4.78, 5) is 17.9. The van der Waals surface area contributed by atoms with Crippen molar-refractivity contribution in [3.8, 4) is 5.75 Å². The Balaban J connectivity index is 1.40. The first-order valence-corrected chi connectivity index (χ1v) is 13.0. The standard InChI is InChI=1S/C25H33N3O4S/c1-20-6-12-23(13-7-20)33(30,31)28-16-3-5-24(28)25(29)27-15-4-14-26(17-18-27)19-21-8-10-22(32-2)11-9-21/h6-13,24H,3-5,14-19H2,1-2H3/t24-/m0/s1. The van der Waals surface area contributed by atoms with E-state index in [4.69, 9.17) is 4.74 Å². The zero-order chi connectivity index (χ0) is 23.4. The lowest BCUT2D eigenvalue weighted by Gasteiger charge is -2.29. The highest BCUT2D eigenvalue weighted by Gasteiger charge is 2.41. The van der Waals surface area contributed by atoms with Gasteiger partial charge in [-0.15, -0.1) is 0 Å². The van der Waals surface area contributed by atoms with E-state index in [0.717, 1.165) is 37.4 Å². The van der Waals surface area contributed by atoms with Crippen molar-refractivity contribution in [3.05, 3.63) is 59.7 Å². The summed E-state index contributed by atoms with van der Waals surface area (Å²) in [7, 11) is -2.03. The van der Waals surface area contributed by atoms with E-state index >= 15 is 0 Å². The van der Waals surface area contributed by atoms with E-state index < -0.39 is 16.1 Å². The first kappa shape index (κ1) is 23.7. The van der Waals surface area contributed by atoms with Gasteiger partial charge in [0.05, 0.1) is 12.0 Å². The molecule has 2 aliphatic heterocycles. The smallest absolute Gasteiger partial charge is 0.243 e. The van der Waals surface area contributed by atoms with Crippen LogP contribution < -0.4 is 4.74 Å². The number of nitrogens with zero attached hydrogens (tertiary/aromatic N) is 3. The molecule has 2 saturated heterocycles. The van der Waals surface area contributed by atoms with Gasteiger partial charge in [0.15, 0.2) is 0 Å². The maximum absolute atomic E-state index is 13.4. The van der Waals surface area contributed by atoms with Gasteiger partial charge in [-0.2, -0.15) is 4.31 Å². The number of sulfonamides is 1. The average Bonchev–Trinajstić information content (AvgIpc) is 3.21. The van der Waals surface area contributed by atoms with E-state index in [1.54, 1.807) is 31.4 Å². The van der Waals surface area contributed by atoms with Crippen molar-refractivity contribution in [1.29, 1.82) is 0 Å². The van der Waals surface area contributed by atoms with Crippen LogP contribution in [0, 0.1) is 6.92 Å². The first-order valence-electron chi connectivity index (χ1n) is 11.6. The van der Waals surface area contributed by atoms with Gasteiger partial charge >= 0.3 is 0 Å². The SMILES string of the molecule is COc1ccc(CN2CCCN(C(=O)[C@@H]3CCCN3S(=O)(=O)c3ccc(C)cc3)CC2)cc1. The van der Waals surface area contributed by atoms with E-state index in [9.17, 15) is 13.2 Å². The highest BCUT2D eigenvalue weighted by molar-refractivity contribution is 7.89. The van der Waals surface area contributed by atoms with Gasteiger partial charge in [0.1, 0.15) is 11.8 Å². The van der Waals surface area contributed by atoms with Crippen molar-refractivity contribution in [2.24, 2.45) is 0 Å². The second-order valence-corrected chi connectivity index (χ2v) is 10.8. The van der Waals surface area contributed by atoms with Crippen LogP contribution in [-0.4, -0.2) is 74.3 Å². The average molecular weight is 472 g/mol. The molecule has 8 heteroatoms. The molecule has 1 atom stereocenters. The molecule has 1 amide bonds. The zero-order valence-electron chi connectivity index (χ0n) is 19.4. The summed E-state index contributed by atoms with van der Waals surface area (Å²) in [5, 5.41) is 0. The van der Waals surface area contributed by atoms with Gasteiger partial charge in [-0.3, -0.25) is 9.69 Å². The molecule has 0 saturated carbocycles. The third kappa shape index (κ3) is 5.39. The Morgan fingerprint density at radius 2 is 1.67 bits per heavy atom. The Hall–Kier alpha value is -2.42. The lowest BCUT2D eigenvalue weighted by molar-refractivity contribution is -0.134. The van der Waals surface area contributed by atoms with Crippen molar-refractivity contribution in [3.63, 3.8) is 0 Å². The van der Waals surface area contributed by atoms with Gasteiger partial charge in [0.25, 0.3) is 0 Å². The van der Waals surface area contributed by atoms with Crippen molar-refractivity contribution in [1.82, 2.24) is 14.1 Å². The van der Waals surface area contributed by atoms with Crippen LogP contribution in [0.15, 0.2) is 53.4 Å². The molecule has 2 heterocycles. The van der Waals surface area contributed by atoms with Gasteiger partial charge in [0, 0.05) is 39.3 Å². The summed E-state index contributed by atoms with van der Waals surface area (Å²) in [5.41, 5.74) is 2.22. The fourth-order valence-corrected chi connectivity index (χ4v) is 6.32. The number of carbonyl (C=O) groups excluding carboxylic acids is 1. The predicted octanol–water partition coefficient (Wildman–Crippen LogP) is 2.89. The van der Waals surface area contributed by atoms with Gasteiger partial charge in [-0.25, -0.2) is 8.42 Å². The molecule has 0 aliphatic carbocycles. The van der Waals surface area contributed by atoms with Crippen LogP contribution >= 0.6 is 0 Å². The minimum absolute atomic E-state index is 0.0607. The van der Waals surface area contributed by atoms with Crippen molar-refractivity contribution < 1.29 is 17.9 Å². The Morgan fingerprint density at radius 1 is 0.939 bits per heavy atom. The second kappa shape index (κ2) is 10.2. The van der Waals surface area contributed by atoms with E-state index in [-0.39, 0.29) is 10.8 Å². The molecule has 0 radical (unpaired) electrons. The van der Waals surface area contributed by atoms with Crippen LogP contribution in [0.4, 0.5) is 0 Å². The highest BCUT2D eigenvalue weighted by atomic mass is 32.2. The van der Waals surface area contributed by atoms with Crippen molar-refractivity contribution in [2.45, 2.75) is 43.7 Å². The molecule has 2 fully saturated rings. The lowest BCUT2D eigenvalue weighted by Crippen LogP contribution is -2.48. The second-order valence-electron chi connectivity index (χ2n) is 8.89. The van der Waals surface area contributed by atoms with Crippen LogP contribution in [0.5, 0.6) is 5.75 Å². The molecule has 0 aromatic heterocycles. The summed E-state index contributed by atoms with van der Waals surface area (Å²) in [6.07, 6.45) is 2.16. The van der Waals surface area contributed by atoms with Crippen LogP contribution in [-0.2, 0) is 21.4 Å². The number of amides is 1. The molecule has 2 aromatic carbocycles. The highest BCUT2D eigenvalue weighted by Crippen LogP contribution is 2.28. The van der Waals surface area contributed by atoms with Crippen LogP contribution in [0.2, 0.25) is 0 Å². The normalized spacial score (nSPS) is 20.5. The van der Waals surface area contributed by atoms with Crippen LogP contribution in [0.25, 0.3) is 0 Å². The maximum atomic E-state index is 13.4. The van der Waals surface area contributed by atoms with E-state index in [1.165, 1.54) is 9.87 Å². The Kier molecular flexibility index (Phi) is 7.36. The number of rotatable bonds is 6. The summed E-state index contributed by atoms with van der Waals surface area (Å²) in [5.74, 6) is 0.780. The predicted molar refractivity (Wildman–Crippen MR) is 128 cm³/mol. The number of aryl methyl sites for hydroxylation is 1. The Morgan fingerprint density at radius 3 is 2.36 bits per heavy atom. The summed E-state index contributed by atoms with van der Waals surface area (Å²) in [6.45, 7) is 6.10.